The van der Waals surface area contributed by atoms with Crippen LogP contribution in [-0.2, 0) is 33.5 Å². The van der Waals surface area contributed by atoms with Crippen LogP contribution in [0, 0.1) is 34.5 Å². The fraction of sp³-hybridized carbons (Fsp3) is 0.632. The van der Waals surface area contributed by atoms with Crippen molar-refractivity contribution in [1.82, 2.24) is 10.6 Å². The van der Waals surface area contributed by atoms with Gasteiger partial charge in [0.25, 0.3) is 0 Å². The quantitative estimate of drug-likeness (QED) is 0.203. The van der Waals surface area contributed by atoms with Crippen molar-refractivity contribution in [2.45, 2.75) is 109 Å². The van der Waals surface area contributed by atoms with Crippen LogP contribution in [0.2, 0.25) is 0 Å². The highest BCUT2D eigenvalue weighted by atomic mass is 16.5. The maximum atomic E-state index is 13.6. The van der Waals surface area contributed by atoms with Gasteiger partial charge in [-0.15, -0.1) is 0 Å². The van der Waals surface area contributed by atoms with E-state index in [2.05, 4.69) is 17.6 Å². The smallest absolute Gasteiger partial charge is 0.330 e. The van der Waals surface area contributed by atoms with Gasteiger partial charge >= 0.3 is 11.9 Å². The van der Waals surface area contributed by atoms with Gasteiger partial charge in [-0.05, 0) is 79.3 Å². The summed E-state index contributed by atoms with van der Waals surface area (Å²) in [4.78, 5) is 76.0. The molecule has 272 valence electrons. The van der Waals surface area contributed by atoms with Crippen molar-refractivity contribution in [1.29, 1.82) is 0 Å². The third-order valence-electron chi connectivity index (χ3n) is 12.4. The van der Waals surface area contributed by atoms with Gasteiger partial charge in [0, 0.05) is 18.3 Å². The number of nitrogens with one attached hydrogen (secondary N) is 2. The second kappa shape index (κ2) is 14.4. The molecule has 0 bridgehead atoms. The van der Waals surface area contributed by atoms with Crippen LogP contribution >= 0.6 is 0 Å². The average Bonchev–Trinajstić information content (AvgIpc) is 3.34. The van der Waals surface area contributed by atoms with Crippen molar-refractivity contribution in [3.8, 4) is 0 Å². The number of rotatable bonds is 12. The predicted octanol–water partition coefficient (Wildman–Crippen LogP) is 3.20. The third kappa shape index (κ3) is 6.88. The van der Waals surface area contributed by atoms with Gasteiger partial charge in [-0.3, -0.25) is 24.0 Å². The SMILES string of the molecule is CC(C)[C@H](NC(=O)CCC(=O)OCC(=O)[C@]1(O)CC[C@@H]2[C@H]3CCC4=CC(=O)CC[C@]4(C)[C@H]3[C@@H](O)C[C@@]21C)C(=O)N[C@@H](C(=O)O)c1ccccc1. The lowest BCUT2D eigenvalue weighted by Gasteiger charge is -2.60. The molecule has 1 aromatic carbocycles. The van der Waals surface area contributed by atoms with E-state index in [9.17, 15) is 44.1 Å². The van der Waals surface area contributed by atoms with E-state index in [4.69, 9.17) is 4.74 Å². The highest BCUT2D eigenvalue weighted by Gasteiger charge is 2.68. The summed E-state index contributed by atoms with van der Waals surface area (Å²) in [6.45, 7) is 6.69. The number of esters is 1. The lowest BCUT2D eigenvalue weighted by atomic mass is 9.45. The van der Waals surface area contributed by atoms with E-state index < -0.39 is 71.3 Å². The molecule has 5 N–H and O–H groups in total. The number of amides is 2. The number of carboxylic acids is 1. The zero-order chi connectivity index (χ0) is 36.6. The molecule has 0 spiro atoms. The highest BCUT2D eigenvalue weighted by molar-refractivity contribution is 5.93. The van der Waals surface area contributed by atoms with Gasteiger partial charge in [-0.1, -0.05) is 63.6 Å². The number of carbonyl (C=O) groups is 6. The number of allylic oxidation sites excluding steroid dienone is 1. The molecule has 3 saturated carbocycles. The molecule has 4 aliphatic carbocycles. The highest BCUT2D eigenvalue weighted by Crippen LogP contribution is 2.67. The predicted molar refractivity (Wildman–Crippen MR) is 180 cm³/mol. The van der Waals surface area contributed by atoms with Crippen LogP contribution in [0.4, 0.5) is 0 Å². The lowest BCUT2D eigenvalue weighted by molar-refractivity contribution is -0.184. The normalized spacial score (nSPS) is 32.8. The van der Waals surface area contributed by atoms with Gasteiger partial charge in [0.1, 0.15) is 11.6 Å². The largest absolute Gasteiger partial charge is 0.479 e. The zero-order valence-corrected chi connectivity index (χ0v) is 29.3. The summed E-state index contributed by atoms with van der Waals surface area (Å²) in [5.74, 6) is -4.35. The van der Waals surface area contributed by atoms with Crippen LogP contribution < -0.4 is 10.6 Å². The number of hydrogen-bond acceptors (Lipinski definition) is 9. The van der Waals surface area contributed by atoms with Crippen molar-refractivity contribution in [2.75, 3.05) is 6.61 Å². The van der Waals surface area contributed by atoms with Gasteiger partial charge in [0.05, 0.1) is 12.5 Å². The van der Waals surface area contributed by atoms with Crippen molar-refractivity contribution in [2.24, 2.45) is 34.5 Å². The Morgan fingerprint density at radius 2 is 1.68 bits per heavy atom. The first-order valence-corrected chi connectivity index (χ1v) is 17.7. The van der Waals surface area contributed by atoms with Gasteiger partial charge in [0.15, 0.2) is 18.4 Å². The van der Waals surface area contributed by atoms with E-state index >= 15 is 0 Å². The van der Waals surface area contributed by atoms with E-state index in [0.29, 0.717) is 24.8 Å². The summed E-state index contributed by atoms with van der Waals surface area (Å²) in [5.41, 5.74) is -1.56. The summed E-state index contributed by atoms with van der Waals surface area (Å²) in [7, 11) is 0. The van der Waals surface area contributed by atoms with Crippen LogP contribution in [0.3, 0.4) is 0 Å². The van der Waals surface area contributed by atoms with Crippen molar-refractivity contribution in [3.05, 3.63) is 47.5 Å². The monoisotopic (exact) mass is 694 g/mol. The van der Waals surface area contributed by atoms with Crippen LogP contribution in [0.5, 0.6) is 0 Å². The molecule has 4 aliphatic rings. The second-order valence-corrected chi connectivity index (χ2v) is 15.5. The Morgan fingerprint density at radius 1 is 0.980 bits per heavy atom. The molecular weight excluding hydrogens is 644 g/mol. The molecule has 0 aliphatic heterocycles. The first-order valence-electron chi connectivity index (χ1n) is 17.7. The van der Waals surface area contributed by atoms with Gasteiger partial charge in [-0.25, -0.2) is 4.79 Å². The second-order valence-electron chi connectivity index (χ2n) is 15.5. The number of benzene rings is 1. The summed E-state index contributed by atoms with van der Waals surface area (Å²) in [6, 6.07) is 5.77. The third-order valence-corrected chi connectivity index (χ3v) is 12.4. The Kier molecular flexibility index (Phi) is 10.7. The molecule has 2 amide bonds. The number of hydrogen-bond donors (Lipinski definition) is 5. The minimum atomic E-state index is -1.80. The van der Waals surface area contributed by atoms with E-state index in [1.165, 1.54) is 0 Å². The van der Waals surface area contributed by atoms with Crippen molar-refractivity contribution in [3.63, 3.8) is 0 Å². The number of carboxylic acid groups (broad SMARTS) is 1. The van der Waals surface area contributed by atoms with Crippen LogP contribution in [0.1, 0.15) is 97.1 Å². The molecule has 3 fully saturated rings. The van der Waals surface area contributed by atoms with Crippen LogP contribution in [0.15, 0.2) is 42.0 Å². The zero-order valence-electron chi connectivity index (χ0n) is 29.3. The Morgan fingerprint density at radius 3 is 2.34 bits per heavy atom. The van der Waals surface area contributed by atoms with E-state index in [1.54, 1.807) is 50.3 Å². The average molecular weight is 695 g/mol. The van der Waals surface area contributed by atoms with Crippen molar-refractivity contribution < 1.29 is 48.8 Å². The number of carbonyl (C=O) groups excluding carboxylic acids is 5. The summed E-state index contributed by atoms with van der Waals surface area (Å²) in [6.07, 6.45) is 3.91. The Bertz CT molecular complexity index is 1560. The molecule has 12 nitrogen and oxygen atoms in total. The van der Waals surface area contributed by atoms with Gasteiger partial charge in [-0.2, -0.15) is 0 Å². The fourth-order valence-corrected chi connectivity index (χ4v) is 9.65. The first-order chi connectivity index (χ1) is 23.5. The molecule has 9 atom stereocenters. The molecule has 5 rings (SSSR count). The molecule has 0 radical (unpaired) electrons. The number of fused-ring (bicyclic) bond motifs is 5. The van der Waals surface area contributed by atoms with Gasteiger partial charge < -0.3 is 30.7 Å². The molecule has 0 saturated heterocycles. The maximum Gasteiger partial charge on any atom is 0.330 e. The van der Waals surface area contributed by atoms with Crippen molar-refractivity contribution >= 4 is 35.3 Å². The van der Waals surface area contributed by atoms with Crippen LogP contribution in [0.25, 0.3) is 0 Å². The van der Waals surface area contributed by atoms with Crippen LogP contribution in [-0.4, -0.2) is 75.0 Å². The number of ketones is 2. The Balaban J connectivity index is 1.14. The molecule has 0 heterocycles. The lowest BCUT2D eigenvalue weighted by Crippen LogP contribution is -2.62. The number of aliphatic hydroxyl groups excluding tert-OH is 1. The molecular formula is C38H50N2O10. The first kappa shape index (κ1) is 37.4. The molecule has 0 aromatic heterocycles. The summed E-state index contributed by atoms with van der Waals surface area (Å²) >= 11 is 0. The summed E-state index contributed by atoms with van der Waals surface area (Å²) in [5, 5.41) is 38.2. The van der Waals surface area contributed by atoms with E-state index in [1.807, 2.05) is 6.92 Å². The van der Waals surface area contributed by atoms with Gasteiger partial charge in [0.2, 0.25) is 17.6 Å². The fourth-order valence-electron chi connectivity index (χ4n) is 9.65. The summed E-state index contributed by atoms with van der Waals surface area (Å²) < 4.78 is 5.24. The molecule has 12 heteroatoms. The Labute approximate surface area is 292 Å². The molecule has 0 unspecified atom stereocenters. The maximum absolute atomic E-state index is 13.6. The molecule has 50 heavy (non-hydrogen) atoms. The number of Topliss-reactive ketones (excluding diaryl/α,β-unsaturated/α-hetero) is 1. The standard InChI is InChI=1S/C38H50N2O10/c1-21(2)32(34(46)40-33(35(47)48)22-8-6-5-7-9-22)39-29(44)12-13-30(45)50-20-28(43)38(49)17-15-26-25-11-10-23-18-24(41)14-16-36(23,3)31(25)27(42)19-37(26,38)4/h5-9,18,21,25-27,31-33,42,49H,10-17,19-20H2,1-4H3,(H,39,44)(H,40,46)(H,47,48)/t25-,26-,27+,31-,32+,33-,36+,37+,38-/m1/s1. The Hall–Kier alpha value is -3.90. The minimum Gasteiger partial charge on any atom is -0.479 e. The number of aliphatic carboxylic acids is 1. The van der Waals surface area contributed by atoms with E-state index in [0.717, 1.165) is 18.4 Å². The minimum absolute atomic E-state index is 0.0233. The van der Waals surface area contributed by atoms with E-state index in [-0.39, 0.29) is 54.6 Å². The molecule has 1 aromatic rings. The number of ether oxygens (including phenoxy) is 1. The number of aliphatic hydroxyl groups is 2. The topological polar surface area (TPSA) is 196 Å².